The van der Waals surface area contributed by atoms with Crippen molar-refractivity contribution in [1.82, 2.24) is 9.99 Å². The van der Waals surface area contributed by atoms with Gasteiger partial charge < -0.3 is 10.1 Å². The van der Waals surface area contributed by atoms with E-state index in [1.54, 1.807) is 6.21 Å². The zero-order chi connectivity index (χ0) is 14.8. The highest BCUT2D eigenvalue weighted by atomic mass is 32.2. The molecule has 2 aliphatic rings. The molecule has 0 radical (unpaired) electrons. The third-order valence-electron chi connectivity index (χ3n) is 2.91. The van der Waals surface area contributed by atoms with E-state index in [0.717, 1.165) is 11.3 Å². The van der Waals surface area contributed by atoms with Gasteiger partial charge in [0.15, 0.2) is 0 Å². The van der Waals surface area contributed by atoms with Gasteiger partial charge in [0.2, 0.25) is 6.29 Å². The van der Waals surface area contributed by atoms with Gasteiger partial charge in [-0.3, -0.25) is 9.36 Å². The third-order valence-corrected chi connectivity index (χ3v) is 4.91. The predicted molar refractivity (Wildman–Crippen MR) is 78.9 cm³/mol. The monoisotopic (exact) mass is 329 g/mol. The van der Waals surface area contributed by atoms with Gasteiger partial charge in [0.1, 0.15) is 24.0 Å². The van der Waals surface area contributed by atoms with E-state index in [0.29, 0.717) is 16.4 Å². The van der Waals surface area contributed by atoms with E-state index in [1.165, 1.54) is 16.3 Å². The quantitative estimate of drug-likeness (QED) is 0.418. The molecule has 1 unspecified atom stereocenters. The summed E-state index contributed by atoms with van der Waals surface area (Å²) in [5.74, 6) is 1.13. The molecule has 3 N–H and O–H groups in total. The highest BCUT2D eigenvalue weighted by Gasteiger charge is 2.32. The molecular formula is C9H11N7O3S2. The van der Waals surface area contributed by atoms with Crippen LogP contribution in [-0.2, 0) is 4.74 Å². The van der Waals surface area contributed by atoms with Crippen molar-refractivity contribution in [2.75, 3.05) is 17.6 Å². The van der Waals surface area contributed by atoms with Crippen LogP contribution in [0, 0.1) is 10.4 Å². The summed E-state index contributed by atoms with van der Waals surface area (Å²) in [6, 6.07) is 0. The van der Waals surface area contributed by atoms with Crippen LogP contribution in [0.3, 0.4) is 0 Å². The fourth-order valence-electron chi connectivity index (χ4n) is 2.06. The van der Waals surface area contributed by atoms with Crippen molar-refractivity contribution in [2.24, 2.45) is 15.4 Å². The SMILES string of the molecule is N=NNC1N=Cc2sc(=O)n([C@H]3CS[C@@H](CN=O)O3)c2N1. The Labute approximate surface area is 126 Å². The largest absolute Gasteiger partial charge is 0.341 e. The molecule has 2 aliphatic heterocycles. The third kappa shape index (κ3) is 2.69. The van der Waals surface area contributed by atoms with Gasteiger partial charge in [-0.1, -0.05) is 21.7 Å². The van der Waals surface area contributed by atoms with Crippen molar-refractivity contribution in [1.29, 1.82) is 5.53 Å². The van der Waals surface area contributed by atoms with Gasteiger partial charge in [0.25, 0.3) is 0 Å². The number of thiazole rings is 1. The van der Waals surface area contributed by atoms with Crippen LogP contribution in [0.5, 0.6) is 0 Å². The van der Waals surface area contributed by atoms with Crippen molar-refractivity contribution < 1.29 is 4.74 Å². The van der Waals surface area contributed by atoms with Gasteiger partial charge in [0.05, 0.1) is 4.88 Å². The van der Waals surface area contributed by atoms with Crippen LogP contribution in [0.15, 0.2) is 20.2 Å². The van der Waals surface area contributed by atoms with Gasteiger partial charge in [-0.2, -0.15) is 10.4 Å². The summed E-state index contributed by atoms with van der Waals surface area (Å²) >= 11 is 2.50. The Bertz CT molecular complexity index is 642. The van der Waals surface area contributed by atoms with Crippen molar-refractivity contribution in [3.8, 4) is 0 Å². The fourth-order valence-corrected chi connectivity index (χ4v) is 3.91. The van der Waals surface area contributed by atoms with Crippen LogP contribution in [0.1, 0.15) is 11.1 Å². The first-order valence-corrected chi connectivity index (χ1v) is 7.82. The van der Waals surface area contributed by atoms with Crippen LogP contribution in [-0.4, -0.2) is 34.8 Å². The number of hydrogen-bond donors (Lipinski definition) is 3. The Morgan fingerprint density at radius 3 is 3.29 bits per heavy atom. The molecule has 0 bridgehead atoms. The Morgan fingerprint density at radius 2 is 2.52 bits per heavy atom. The van der Waals surface area contributed by atoms with E-state index in [2.05, 4.69) is 26.1 Å². The van der Waals surface area contributed by atoms with E-state index in [-0.39, 0.29) is 16.9 Å². The average Bonchev–Trinajstić information content (AvgIpc) is 3.02. The first-order valence-electron chi connectivity index (χ1n) is 5.96. The summed E-state index contributed by atoms with van der Waals surface area (Å²) in [5, 5.41) is 8.87. The highest BCUT2D eigenvalue weighted by molar-refractivity contribution is 8.00. The molecule has 0 amide bonds. The number of aliphatic imine (C=N–C) groups is 1. The molecule has 1 aromatic rings. The van der Waals surface area contributed by atoms with Crippen LogP contribution in [0.2, 0.25) is 0 Å². The molecule has 3 atom stereocenters. The first-order chi connectivity index (χ1) is 10.2. The molecule has 0 aliphatic carbocycles. The zero-order valence-corrected chi connectivity index (χ0v) is 12.2. The summed E-state index contributed by atoms with van der Waals surface area (Å²) in [7, 11) is 0. The second kappa shape index (κ2) is 5.91. The number of aromatic nitrogens is 1. The van der Waals surface area contributed by atoms with Crippen LogP contribution in [0.4, 0.5) is 5.82 Å². The Kier molecular flexibility index (Phi) is 3.98. The summed E-state index contributed by atoms with van der Waals surface area (Å²) in [5.41, 5.74) is 8.91. The van der Waals surface area contributed by atoms with Crippen molar-refractivity contribution in [3.05, 3.63) is 19.5 Å². The highest BCUT2D eigenvalue weighted by Crippen LogP contribution is 2.35. The minimum atomic E-state index is -0.600. The number of rotatable bonds is 5. The topological polar surface area (TPSA) is 133 Å². The number of thioether (sulfide) groups is 1. The van der Waals surface area contributed by atoms with E-state index in [1.807, 2.05) is 0 Å². The van der Waals surface area contributed by atoms with Gasteiger partial charge in [-0.05, 0) is 0 Å². The number of nitroso groups, excluding NO2 is 1. The fraction of sp³-hybridized carbons (Fsp3) is 0.556. The molecule has 1 fully saturated rings. The number of fused-ring (bicyclic) bond motifs is 1. The lowest BCUT2D eigenvalue weighted by Gasteiger charge is -2.22. The maximum absolute atomic E-state index is 12.1. The average molecular weight is 329 g/mol. The lowest BCUT2D eigenvalue weighted by atomic mass is 10.4. The standard InChI is InChI=1S/C9H11N7O3S2/c10-15-14-8-11-1-4-7(13-8)16(9(17)21-4)5-3-20-6(19-5)2-12-18/h1,5-6,8,13H,2-3H2,(H2,10,14)/t5-,6+,8?/m1/s1. The smallest absolute Gasteiger partial charge is 0.311 e. The van der Waals surface area contributed by atoms with E-state index >= 15 is 0 Å². The molecule has 3 heterocycles. The summed E-state index contributed by atoms with van der Waals surface area (Å²) in [6.07, 6.45) is 0.502. The normalized spacial score (nSPS) is 27.0. The number of anilines is 1. The first kappa shape index (κ1) is 14.2. The van der Waals surface area contributed by atoms with E-state index in [4.69, 9.17) is 10.3 Å². The van der Waals surface area contributed by atoms with Gasteiger partial charge in [-0.25, -0.2) is 10.4 Å². The van der Waals surface area contributed by atoms with Crippen molar-refractivity contribution in [3.63, 3.8) is 0 Å². The van der Waals surface area contributed by atoms with E-state index in [9.17, 15) is 9.70 Å². The molecule has 21 heavy (non-hydrogen) atoms. The minimum absolute atomic E-state index is 0.0546. The Hall–Kier alpha value is -1.79. The molecule has 0 aromatic carbocycles. The van der Waals surface area contributed by atoms with Gasteiger partial charge in [0, 0.05) is 12.0 Å². The molecule has 3 rings (SSSR count). The van der Waals surface area contributed by atoms with E-state index < -0.39 is 12.5 Å². The molecule has 1 aromatic heterocycles. The summed E-state index contributed by atoms with van der Waals surface area (Å²) < 4.78 is 7.16. The van der Waals surface area contributed by atoms with Crippen LogP contribution >= 0.6 is 23.1 Å². The number of ether oxygens (including phenoxy) is 1. The molecule has 10 nitrogen and oxygen atoms in total. The Balaban J connectivity index is 1.86. The van der Waals surface area contributed by atoms with Crippen LogP contribution < -0.4 is 15.6 Å². The zero-order valence-electron chi connectivity index (χ0n) is 10.6. The van der Waals surface area contributed by atoms with Crippen molar-refractivity contribution >= 4 is 35.1 Å². The molecule has 1 saturated heterocycles. The predicted octanol–water partition coefficient (Wildman–Crippen LogP) is 0.928. The van der Waals surface area contributed by atoms with Gasteiger partial charge in [-0.15, -0.1) is 11.8 Å². The number of nitrogens with zero attached hydrogens (tertiary/aromatic N) is 4. The Morgan fingerprint density at radius 1 is 1.67 bits per heavy atom. The van der Waals surface area contributed by atoms with Crippen LogP contribution in [0.25, 0.3) is 0 Å². The molecule has 112 valence electrons. The van der Waals surface area contributed by atoms with Crippen molar-refractivity contribution in [2.45, 2.75) is 18.0 Å². The number of nitrogens with one attached hydrogen (secondary N) is 3. The van der Waals surface area contributed by atoms with Gasteiger partial charge >= 0.3 is 4.87 Å². The maximum Gasteiger partial charge on any atom is 0.311 e. The molecule has 12 heteroatoms. The summed E-state index contributed by atoms with van der Waals surface area (Å²) in [6.45, 7) is 0.0546. The second-order valence-electron chi connectivity index (χ2n) is 4.18. The summed E-state index contributed by atoms with van der Waals surface area (Å²) in [4.78, 5) is 27.0. The molecule has 0 saturated carbocycles. The minimum Gasteiger partial charge on any atom is -0.341 e. The molecular weight excluding hydrogens is 318 g/mol. The molecule has 0 spiro atoms. The lowest BCUT2D eigenvalue weighted by Crippen LogP contribution is -2.35. The second-order valence-corrected chi connectivity index (χ2v) is 6.37. The number of hydrogen-bond acceptors (Lipinski definition) is 10. The lowest BCUT2D eigenvalue weighted by molar-refractivity contribution is 0.0230. The maximum atomic E-state index is 12.1.